The van der Waals surface area contributed by atoms with E-state index in [1.807, 2.05) is 11.8 Å². The first-order valence-corrected chi connectivity index (χ1v) is 7.26. The molecule has 0 fully saturated rings. The zero-order valence-electron chi connectivity index (χ0n) is 12.5. The Morgan fingerprint density at radius 1 is 1.37 bits per heavy atom. The first kappa shape index (κ1) is 15.9. The maximum absolute atomic E-state index is 14.5. The molecule has 0 amide bonds. The van der Waals surface area contributed by atoms with Gasteiger partial charge in [0.1, 0.15) is 0 Å². The molecule has 0 bridgehead atoms. The molecule has 1 atom stereocenters. The van der Waals surface area contributed by atoms with E-state index in [0.717, 1.165) is 25.9 Å². The Morgan fingerprint density at radius 2 is 2.11 bits per heavy atom. The van der Waals surface area contributed by atoms with E-state index in [1.165, 1.54) is 0 Å². The molecule has 0 aliphatic heterocycles. The van der Waals surface area contributed by atoms with Crippen molar-refractivity contribution in [3.63, 3.8) is 0 Å². The number of aromatic nitrogens is 1. The van der Waals surface area contributed by atoms with Crippen molar-refractivity contribution in [2.45, 2.75) is 53.1 Å². The molecule has 0 spiro atoms. The van der Waals surface area contributed by atoms with Crippen LogP contribution in [0.25, 0.3) is 0 Å². The third kappa shape index (κ3) is 4.16. The molecule has 1 N–H and O–H groups in total. The Morgan fingerprint density at radius 3 is 2.68 bits per heavy atom. The lowest BCUT2D eigenvalue weighted by Crippen LogP contribution is -2.34. The monoisotopic (exact) mass is 267 g/mol. The maximum Gasteiger partial charge on any atom is 0.170 e. The van der Waals surface area contributed by atoms with E-state index in [2.05, 4.69) is 31.1 Å². The molecule has 108 valence electrons. The molecule has 0 aliphatic rings. The molecule has 1 heterocycles. The van der Waals surface area contributed by atoms with E-state index in [-0.39, 0.29) is 5.82 Å². The molecule has 0 saturated carbocycles. The molecule has 1 unspecified atom stereocenters. The molecule has 4 heteroatoms. The number of nitrogens with zero attached hydrogens (tertiary/aromatic N) is 2. The van der Waals surface area contributed by atoms with Gasteiger partial charge in [-0.3, -0.25) is 0 Å². The second-order valence-electron chi connectivity index (χ2n) is 4.83. The molecule has 3 nitrogen and oxygen atoms in total. The molecule has 1 rings (SSSR count). The van der Waals surface area contributed by atoms with Crippen LogP contribution in [0.5, 0.6) is 0 Å². The number of rotatable bonds is 8. The highest BCUT2D eigenvalue weighted by atomic mass is 19.1. The summed E-state index contributed by atoms with van der Waals surface area (Å²) in [5.41, 5.74) is 0.695. The standard InChI is InChI=1S/C15H26FN3/c1-5-9-17-11-13-8-10-18-15(14(13)16)19(7-3)12(4)6-2/h8,10,12,17H,5-7,9,11H2,1-4H3. The van der Waals surface area contributed by atoms with Crippen LogP contribution >= 0.6 is 0 Å². The molecular weight excluding hydrogens is 241 g/mol. The predicted molar refractivity (Wildman–Crippen MR) is 79.0 cm³/mol. The Bertz CT molecular complexity index is 382. The van der Waals surface area contributed by atoms with Crippen LogP contribution in [0.3, 0.4) is 0 Å². The number of nitrogens with one attached hydrogen (secondary N) is 1. The van der Waals surface area contributed by atoms with Gasteiger partial charge < -0.3 is 10.2 Å². The Hall–Kier alpha value is -1.16. The first-order chi connectivity index (χ1) is 9.15. The van der Waals surface area contributed by atoms with Gasteiger partial charge in [-0.15, -0.1) is 0 Å². The lowest BCUT2D eigenvalue weighted by atomic mass is 10.2. The van der Waals surface area contributed by atoms with Gasteiger partial charge in [-0.25, -0.2) is 9.37 Å². The number of hydrogen-bond donors (Lipinski definition) is 1. The minimum atomic E-state index is -0.187. The van der Waals surface area contributed by atoms with Gasteiger partial charge in [-0.2, -0.15) is 0 Å². The normalized spacial score (nSPS) is 12.5. The van der Waals surface area contributed by atoms with Gasteiger partial charge in [0.05, 0.1) is 0 Å². The van der Waals surface area contributed by atoms with Crippen LogP contribution in [-0.4, -0.2) is 24.1 Å². The lowest BCUT2D eigenvalue weighted by Gasteiger charge is -2.29. The minimum Gasteiger partial charge on any atom is -0.352 e. The molecule has 1 aromatic rings. The van der Waals surface area contributed by atoms with Crippen molar-refractivity contribution in [3.05, 3.63) is 23.6 Å². The van der Waals surface area contributed by atoms with E-state index in [4.69, 9.17) is 0 Å². The van der Waals surface area contributed by atoms with E-state index in [0.29, 0.717) is 24.0 Å². The fourth-order valence-electron chi connectivity index (χ4n) is 2.10. The van der Waals surface area contributed by atoms with Crippen LogP contribution in [0, 0.1) is 5.82 Å². The summed E-state index contributed by atoms with van der Waals surface area (Å²) in [6.45, 7) is 10.6. The zero-order chi connectivity index (χ0) is 14.3. The summed E-state index contributed by atoms with van der Waals surface area (Å²) in [5.74, 6) is 0.293. The minimum absolute atomic E-state index is 0.187. The summed E-state index contributed by atoms with van der Waals surface area (Å²) < 4.78 is 14.5. The first-order valence-electron chi connectivity index (χ1n) is 7.26. The summed E-state index contributed by atoms with van der Waals surface area (Å²) in [6.07, 6.45) is 3.73. The Balaban J connectivity index is 2.91. The van der Waals surface area contributed by atoms with Crippen molar-refractivity contribution in [1.82, 2.24) is 10.3 Å². The molecule has 0 radical (unpaired) electrons. The van der Waals surface area contributed by atoms with E-state index >= 15 is 0 Å². The lowest BCUT2D eigenvalue weighted by molar-refractivity contribution is 0.554. The molecule has 19 heavy (non-hydrogen) atoms. The van der Waals surface area contributed by atoms with Crippen molar-refractivity contribution in [2.24, 2.45) is 0 Å². The predicted octanol–water partition coefficient (Wildman–Crippen LogP) is 3.35. The van der Waals surface area contributed by atoms with Crippen molar-refractivity contribution in [1.29, 1.82) is 0 Å². The SMILES string of the molecule is CCCNCc1ccnc(N(CC)C(C)CC)c1F. The topological polar surface area (TPSA) is 28.2 Å². The molecule has 0 saturated heterocycles. The van der Waals surface area contributed by atoms with Gasteiger partial charge in [-0.1, -0.05) is 13.8 Å². The summed E-state index contributed by atoms with van der Waals surface area (Å²) in [5, 5.41) is 3.23. The van der Waals surface area contributed by atoms with Crippen LogP contribution in [-0.2, 0) is 6.54 Å². The van der Waals surface area contributed by atoms with Gasteiger partial charge in [0.25, 0.3) is 0 Å². The third-order valence-electron chi connectivity index (χ3n) is 3.43. The van der Waals surface area contributed by atoms with E-state index < -0.39 is 0 Å². The molecule has 1 aromatic heterocycles. The van der Waals surface area contributed by atoms with Gasteiger partial charge in [0.15, 0.2) is 11.6 Å². The fourth-order valence-corrected chi connectivity index (χ4v) is 2.10. The summed E-state index contributed by atoms with van der Waals surface area (Å²) in [6, 6.07) is 2.05. The summed E-state index contributed by atoms with van der Waals surface area (Å²) in [4.78, 5) is 6.26. The Labute approximate surface area is 116 Å². The second-order valence-corrected chi connectivity index (χ2v) is 4.83. The highest BCUT2D eigenvalue weighted by Crippen LogP contribution is 2.22. The van der Waals surface area contributed by atoms with Crippen molar-refractivity contribution in [2.75, 3.05) is 18.0 Å². The zero-order valence-corrected chi connectivity index (χ0v) is 12.5. The van der Waals surface area contributed by atoms with E-state index in [1.54, 1.807) is 12.3 Å². The van der Waals surface area contributed by atoms with Crippen molar-refractivity contribution in [3.8, 4) is 0 Å². The number of anilines is 1. The smallest absolute Gasteiger partial charge is 0.170 e. The molecule has 0 aliphatic carbocycles. The second kappa shape index (κ2) is 8.10. The maximum atomic E-state index is 14.5. The largest absolute Gasteiger partial charge is 0.352 e. The number of halogens is 1. The van der Waals surface area contributed by atoms with Crippen LogP contribution in [0.4, 0.5) is 10.2 Å². The highest BCUT2D eigenvalue weighted by Gasteiger charge is 2.18. The van der Waals surface area contributed by atoms with Crippen LogP contribution < -0.4 is 10.2 Å². The average molecular weight is 267 g/mol. The average Bonchev–Trinajstić information content (AvgIpc) is 2.43. The quantitative estimate of drug-likeness (QED) is 0.732. The summed E-state index contributed by atoms with van der Waals surface area (Å²) in [7, 11) is 0. The fraction of sp³-hybridized carbons (Fsp3) is 0.667. The van der Waals surface area contributed by atoms with Crippen LogP contribution in [0.15, 0.2) is 12.3 Å². The van der Waals surface area contributed by atoms with Gasteiger partial charge >= 0.3 is 0 Å². The van der Waals surface area contributed by atoms with Crippen LogP contribution in [0.2, 0.25) is 0 Å². The third-order valence-corrected chi connectivity index (χ3v) is 3.43. The van der Waals surface area contributed by atoms with Crippen LogP contribution in [0.1, 0.15) is 46.1 Å². The molecular formula is C15H26FN3. The van der Waals surface area contributed by atoms with E-state index in [9.17, 15) is 4.39 Å². The van der Waals surface area contributed by atoms with Crippen molar-refractivity contribution >= 4 is 5.82 Å². The number of hydrogen-bond acceptors (Lipinski definition) is 3. The Kier molecular flexibility index (Phi) is 6.78. The van der Waals surface area contributed by atoms with Gasteiger partial charge in [0.2, 0.25) is 0 Å². The van der Waals surface area contributed by atoms with Gasteiger partial charge in [0, 0.05) is 30.9 Å². The molecule has 0 aromatic carbocycles. The summed E-state index contributed by atoms with van der Waals surface area (Å²) >= 11 is 0. The van der Waals surface area contributed by atoms with Crippen molar-refractivity contribution < 1.29 is 4.39 Å². The highest BCUT2D eigenvalue weighted by molar-refractivity contribution is 5.44. The van der Waals surface area contributed by atoms with Gasteiger partial charge in [-0.05, 0) is 39.3 Å². The number of pyridine rings is 1.